The lowest BCUT2D eigenvalue weighted by atomic mass is 9.44. The summed E-state index contributed by atoms with van der Waals surface area (Å²) in [5.74, 6) is 3.41. The predicted octanol–water partition coefficient (Wildman–Crippen LogP) is 6.07. The number of Topliss-reactive ketones (excluding diaryl/α,β-unsaturated/α-hetero) is 1. The lowest BCUT2D eigenvalue weighted by Gasteiger charge is -2.61. The van der Waals surface area contributed by atoms with Crippen molar-refractivity contribution in [1.82, 2.24) is 0 Å². The number of fused-ring (bicyclic) bond motifs is 5. The molecule has 8 atom stereocenters. The summed E-state index contributed by atoms with van der Waals surface area (Å²) in [4.78, 5) is 25.3. The van der Waals surface area contributed by atoms with Gasteiger partial charge in [-0.05, 0) is 92.1 Å². The molecular formula is C27H36O3. The van der Waals surface area contributed by atoms with Crippen LogP contribution in [0.5, 0.6) is 0 Å². The molecule has 0 unspecified atom stereocenters. The van der Waals surface area contributed by atoms with Crippen LogP contribution in [0.3, 0.4) is 0 Å². The van der Waals surface area contributed by atoms with Crippen molar-refractivity contribution in [2.24, 2.45) is 40.4 Å². The third-order valence-electron chi connectivity index (χ3n) is 9.96. The van der Waals surface area contributed by atoms with Crippen LogP contribution in [-0.2, 0) is 9.53 Å². The Bertz CT molecular complexity index is 832. The van der Waals surface area contributed by atoms with Gasteiger partial charge in [-0.1, -0.05) is 39.0 Å². The van der Waals surface area contributed by atoms with Crippen LogP contribution in [0.25, 0.3) is 0 Å². The average molecular weight is 409 g/mol. The molecule has 0 amide bonds. The molecule has 4 aliphatic rings. The summed E-state index contributed by atoms with van der Waals surface area (Å²) in [6, 6.07) is 9.39. The Morgan fingerprint density at radius 2 is 1.80 bits per heavy atom. The van der Waals surface area contributed by atoms with E-state index < -0.39 is 0 Å². The first-order valence-electron chi connectivity index (χ1n) is 12.1. The fourth-order valence-electron chi connectivity index (χ4n) is 8.29. The van der Waals surface area contributed by atoms with Crippen LogP contribution in [0.15, 0.2) is 30.3 Å². The van der Waals surface area contributed by atoms with Crippen molar-refractivity contribution < 1.29 is 14.3 Å². The van der Waals surface area contributed by atoms with Crippen molar-refractivity contribution in [3.8, 4) is 0 Å². The Morgan fingerprint density at radius 3 is 2.57 bits per heavy atom. The SMILES string of the molecule is C[C@@H]1C[C@@]2(C)[C@H](CC[C@@H]3[C@H]4CCC(=O)[C@@]4(C)CC[C@@H]32)C[C@H]1OC(=O)c1ccccc1. The van der Waals surface area contributed by atoms with E-state index in [4.69, 9.17) is 4.74 Å². The third-order valence-corrected chi connectivity index (χ3v) is 9.96. The van der Waals surface area contributed by atoms with Crippen LogP contribution in [0.4, 0.5) is 0 Å². The fraction of sp³-hybridized carbons (Fsp3) is 0.704. The van der Waals surface area contributed by atoms with Crippen molar-refractivity contribution in [2.75, 3.05) is 0 Å². The number of ketones is 1. The minimum Gasteiger partial charge on any atom is -0.458 e. The van der Waals surface area contributed by atoms with E-state index in [9.17, 15) is 9.59 Å². The van der Waals surface area contributed by atoms with Crippen LogP contribution >= 0.6 is 0 Å². The minimum absolute atomic E-state index is 0.0224. The highest BCUT2D eigenvalue weighted by Crippen LogP contribution is 2.66. The van der Waals surface area contributed by atoms with Gasteiger partial charge in [0.05, 0.1) is 5.56 Å². The number of esters is 1. The zero-order valence-electron chi connectivity index (χ0n) is 18.7. The summed E-state index contributed by atoms with van der Waals surface area (Å²) in [5.41, 5.74) is 0.933. The summed E-state index contributed by atoms with van der Waals surface area (Å²) in [7, 11) is 0. The lowest BCUT2D eigenvalue weighted by Crippen LogP contribution is -2.55. The zero-order chi connectivity index (χ0) is 21.1. The fourth-order valence-corrected chi connectivity index (χ4v) is 8.29. The normalized spacial score (nSPS) is 45.2. The van der Waals surface area contributed by atoms with E-state index in [1.807, 2.05) is 30.3 Å². The maximum atomic E-state index is 12.7. The molecule has 0 heterocycles. The topological polar surface area (TPSA) is 43.4 Å². The van der Waals surface area contributed by atoms with Crippen LogP contribution in [0.2, 0.25) is 0 Å². The summed E-state index contributed by atoms with van der Waals surface area (Å²) in [5, 5.41) is 0. The summed E-state index contributed by atoms with van der Waals surface area (Å²) >= 11 is 0. The molecule has 4 fully saturated rings. The first-order valence-corrected chi connectivity index (χ1v) is 12.1. The molecule has 0 radical (unpaired) electrons. The minimum atomic E-state index is -0.178. The molecule has 5 rings (SSSR count). The highest BCUT2D eigenvalue weighted by atomic mass is 16.5. The van der Waals surface area contributed by atoms with Gasteiger partial charge in [-0.3, -0.25) is 4.79 Å². The Hall–Kier alpha value is -1.64. The van der Waals surface area contributed by atoms with Crippen LogP contribution < -0.4 is 0 Å². The molecule has 162 valence electrons. The molecule has 0 bridgehead atoms. The molecule has 4 saturated carbocycles. The molecular weight excluding hydrogens is 372 g/mol. The number of ether oxygens (including phenoxy) is 1. The second-order valence-electron chi connectivity index (χ2n) is 11.3. The molecule has 3 heteroatoms. The largest absolute Gasteiger partial charge is 0.458 e. The highest BCUT2D eigenvalue weighted by molar-refractivity contribution is 5.89. The molecule has 0 aromatic heterocycles. The Morgan fingerprint density at radius 1 is 1.03 bits per heavy atom. The van der Waals surface area contributed by atoms with E-state index in [-0.39, 0.29) is 17.5 Å². The average Bonchev–Trinajstić information content (AvgIpc) is 3.04. The van der Waals surface area contributed by atoms with Gasteiger partial charge in [0, 0.05) is 11.8 Å². The van der Waals surface area contributed by atoms with E-state index in [0.717, 1.165) is 38.0 Å². The molecule has 30 heavy (non-hydrogen) atoms. The first-order chi connectivity index (χ1) is 14.3. The Kier molecular flexibility index (Phi) is 4.87. The quantitative estimate of drug-likeness (QED) is 0.558. The van der Waals surface area contributed by atoms with Crippen LogP contribution in [0, 0.1) is 40.4 Å². The van der Waals surface area contributed by atoms with Gasteiger partial charge in [0.2, 0.25) is 0 Å². The smallest absolute Gasteiger partial charge is 0.338 e. The van der Waals surface area contributed by atoms with Gasteiger partial charge in [0.1, 0.15) is 11.9 Å². The molecule has 1 aromatic carbocycles. The number of carbonyl (C=O) groups is 2. The van der Waals surface area contributed by atoms with Crippen molar-refractivity contribution in [3.63, 3.8) is 0 Å². The number of benzene rings is 1. The number of rotatable bonds is 2. The van der Waals surface area contributed by atoms with E-state index in [2.05, 4.69) is 20.8 Å². The Labute approximate surface area is 181 Å². The van der Waals surface area contributed by atoms with Gasteiger partial charge in [0.15, 0.2) is 0 Å². The van der Waals surface area contributed by atoms with E-state index >= 15 is 0 Å². The summed E-state index contributed by atoms with van der Waals surface area (Å²) in [6.45, 7) is 7.07. The first kappa shape index (κ1) is 20.3. The molecule has 0 aliphatic heterocycles. The third kappa shape index (κ3) is 2.99. The number of hydrogen-bond acceptors (Lipinski definition) is 3. The molecule has 4 aliphatic carbocycles. The second kappa shape index (κ2) is 7.21. The van der Waals surface area contributed by atoms with Crippen molar-refractivity contribution in [2.45, 2.75) is 78.2 Å². The van der Waals surface area contributed by atoms with Gasteiger partial charge in [-0.15, -0.1) is 0 Å². The van der Waals surface area contributed by atoms with Crippen LogP contribution in [-0.4, -0.2) is 17.9 Å². The number of hydrogen-bond donors (Lipinski definition) is 0. The van der Waals surface area contributed by atoms with Crippen molar-refractivity contribution in [1.29, 1.82) is 0 Å². The molecule has 0 saturated heterocycles. The Balaban J connectivity index is 1.33. The van der Waals surface area contributed by atoms with Gasteiger partial charge in [-0.2, -0.15) is 0 Å². The monoisotopic (exact) mass is 408 g/mol. The van der Waals surface area contributed by atoms with E-state index in [0.29, 0.717) is 40.4 Å². The lowest BCUT2D eigenvalue weighted by molar-refractivity contribution is -0.148. The standard InChI is InChI=1S/C27H36O3/c1-17-16-27(3)19(15-23(17)30-25(29)18-7-5-4-6-8-18)9-10-20-21-11-12-24(28)26(21,2)14-13-22(20)27/h4-8,17,19-23H,9-16H2,1-3H3/t17-,19-,20-,21-,22+,23-,26+,27+/m1/s1. The van der Waals surface area contributed by atoms with Gasteiger partial charge < -0.3 is 4.74 Å². The summed E-state index contributed by atoms with van der Waals surface area (Å²) in [6.07, 6.45) is 8.86. The summed E-state index contributed by atoms with van der Waals surface area (Å²) < 4.78 is 6.04. The highest BCUT2D eigenvalue weighted by Gasteiger charge is 2.61. The molecule has 0 N–H and O–H groups in total. The maximum Gasteiger partial charge on any atom is 0.338 e. The maximum absolute atomic E-state index is 12.7. The van der Waals surface area contributed by atoms with Gasteiger partial charge in [-0.25, -0.2) is 4.79 Å². The van der Waals surface area contributed by atoms with E-state index in [1.165, 1.54) is 19.3 Å². The molecule has 3 nitrogen and oxygen atoms in total. The molecule has 1 aromatic rings. The number of carbonyl (C=O) groups excluding carboxylic acids is 2. The van der Waals surface area contributed by atoms with Crippen molar-refractivity contribution in [3.05, 3.63) is 35.9 Å². The van der Waals surface area contributed by atoms with Crippen molar-refractivity contribution >= 4 is 11.8 Å². The van der Waals surface area contributed by atoms with Gasteiger partial charge >= 0.3 is 5.97 Å². The van der Waals surface area contributed by atoms with E-state index in [1.54, 1.807) is 0 Å². The molecule has 0 spiro atoms. The van der Waals surface area contributed by atoms with Crippen LogP contribution in [0.1, 0.15) is 82.5 Å². The van der Waals surface area contributed by atoms with Gasteiger partial charge in [0.25, 0.3) is 0 Å². The second-order valence-corrected chi connectivity index (χ2v) is 11.3. The zero-order valence-corrected chi connectivity index (χ0v) is 18.7. The predicted molar refractivity (Wildman–Crippen MR) is 117 cm³/mol.